The van der Waals surface area contributed by atoms with Gasteiger partial charge < -0.3 is 10.6 Å². The van der Waals surface area contributed by atoms with Gasteiger partial charge in [-0.2, -0.15) is 0 Å². The zero-order valence-corrected chi connectivity index (χ0v) is 14.9. The third-order valence-corrected chi connectivity index (χ3v) is 4.00. The number of hydrogen-bond donors (Lipinski definition) is 2. The molecule has 5 heteroatoms. The first kappa shape index (κ1) is 17.6. The fourth-order valence-corrected chi connectivity index (χ4v) is 2.62. The molecular formula is C21H22N4O. The second-order valence-electron chi connectivity index (χ2n) is 6.35. The van der Waals surface area contributed by atoms with Gasteiger partial charge in [0.05, 0.1) is 0 Å². The number of para-hydroxylation sites is 1. The van der Waals surface area contributed by atoms with E-state index in [1.54, 1.807) is 0 Å². The van der Waals surface area contributed by atoms with Crippen molar-refractivity contribution in [3.05, 3.63) is 83.6 Å². The zero-order valence-electron chi connectivity index (χ0n) is 14.9. The lowest BCUT2D eigenvalue weighted by Gasteiger charge is -2.13. The molecular weight excluding hydrogens is 324 g/mol. The summed E-state index contributed by atoms with van der Waals surface area (Å²) < 4.78 is 0. The van der Waals surface area contributed by atoms with Crippen LogP contribution in [-0.4, -0.2) is 16.1 Å². The van der Waals surface area contributed by atoms with Gasteiger partial charge in [-0.1, -0.05) is 62.4 Å². The van der Waals surface area contributed by atoms with Crippen LogP contribution in [0.25, 0.3) is 0 Å². The molecule has 132 valence electrons. The van der Waals surface area contributed by atoms with Crippen molar-refractivity contribution in [3.63, 3.8) is 0 Å². The normalized spacial score (nSPS) is 10.6. The van der Waals surface area contributed by atoms with E-state index in [-0.39, 0.29) is 11.8 Å². The molecule has 2 N–H and O–H groups in total. The quantitative estimate of drug-likeness (QED) is 0.699. The van der Waals surface area contributed by atoms with Crippen LogP contribution in [0.2, 0.25) is 0 Å². The molecule has 0 radical (unpaired) electrons. The topological polar surface area (TPSA) is 66.9 Å². The molecule has 0 saturated carbocycles. The van der Waals surface area contributed by atoms with Gasteiger partial charge in [0.15, 0.2) is 11.5 Å². The van der Waals surface area contributed by atoms with E-state index in [2.05, 4.69) is 20.8 Å². The summed E-state index contributed by atoms with van der Waals surface area (Å²) in [5.74, 6) is 0.565. The van der Waals surface area contributed by atoms with Crippen molar-refractivity contribution in [2.24, 2.45) is 0 Å². The lowest BCUT2D eigenvalue weighted by molar-refractivity contribution is 0.0943. The molecule has 3 rings (SSSR count). The van der Waals surface area contributed by atoms with Crippen LogP contribution >= 0.6 is 0 Å². The summed E-state index contributed by atoms with van der Waals surface area (Å²) in [6, 6.07) is 21.5. The standard InChI is InChI=1S/C21H22N4O/c1-15(2)18-13-19(23-17-11-7-4-8-12-17)24-25-20(18)21(26)22-14-16-9-5-3-6-10-16/h3-13,15H,14H2,1-2H3,(H,22,26)(H,23,24). The van der Waals surface area contributed by atoms with Crippen LogP contribution in [0.4, 0.5) is 11.5 Å². The van der Waals surface area contributed by atoms with E-state index < -0.39 is 0 Å². The Balaban J connectivity index is 1.77. The van der Waals surface area contributed by atoms with Crippen LogP contribution in [0.15, 0.2) is 66.7 Å². The lowest BCUT2D eigenvalue weighted by Crippen LogP contribution is -2.26. The maximum Gasteiger partial charge on any atom is 0.272 e. The molecule has 2 aromatic carbocycles. The summed E-state index contributed by atoms with van der Waals surface area (Å²) in [7, 11) is 0. The molecule has 0 atom stereocenters. The number of benzene rings is 2. The first-order chi connectivity index (χ1) is 12.6. The molecule has 5 nitrogen and oxygen atoms in total. The van der Waals surface area contributed by atoms with Crippen LogP contribution in [0, 0.1) is 0 Å². The first-order valence-corrected chi connectivity index (χ1v) is 8.65. The maximum atomic E-state index is 12.6. The highest BCUT2D eigenvalue weighted by molar-refractivity contribution is 5.94. The number of carbonyl (C=O) groups excluding carboxylic acids is 1. The van der Waals surface area contributed by atoms with E-state index in [0.717, 1.165) is 16.8 Å². The molecule has 3 aromatic rings. The smallest absolute Gasteiger partial charge is 0.272 e. The monoisotopic (exact) mass is 346 g/mol. The van der Waals surface area contributed by atoms with Crippen LogP contribution < -0.4 is 10.6 Å². The molecule has 0 aliphatic carbocycles. The van der Waals surface area contributed by atoms with Gasteiger partial charge in [0, 0.05) is 12.2 Å². The Kier molecular flexibility index (Phi) is 5.59. The molecule has 0 aliphatic rings. The summed E-state index contributed by atoms with van der Waals surface area (Å²) in [4.78, 5) is 12.6. The third-order valence-electron chi connectivity index (χ3n) is 4.00. The molecule has 1 aromatic heterocycles. The van der Waals surface area contributed by atoms with Gasteiger partial charge in [-0.05, 0) is 35.2 Å². The average molecular weight is 346 g/mol. The van der Waals surface area contributed by atoms with Crippen molar-refractivity contribution in [3.8, 4) is 0 Å². The Morgan fingerprint density at radius 2 is 1.62 bits per heavy atom. The summed E-state index contributed by atoms with van der Waals surface area (Å²) in [6.07, 6.45) is 0. The lowest BCUT2D eigenvalue weighted by atomic mass is 10.0. The Labute approximate surface area is 153 Å². The SMILES string of the molecule is CC(C)c1cc(Nc2ccccc2)nnc1C(=O)NCc1ccccc1. The van der Waals surface area contributed by atoms with E-state index in [1.807, 2.05) is 80.6 Å². The average Bonchev–Trinajstić information content (AvgIpc) is 2.67. The number of carbonyl (C=O) groups is 1. The molecule has 0 fully saturated rings. The van der Waals surface area contributed by atoms with E-state index in [0.29, 0.717) is 18.1 Å². The van der Waals surface area contributed by atoms with E-state index >= 15 is 0 Å². The van der Waals surface area contributed by atoms with Gasteiger partial charge in [0.2, 0.25) is 0 Å². The van der Waals surface area contributed by atoms with Crippen LogP contribution in [0.3, 0.4) is 0 Å². The van der Waals surface area contributed by atoms with Gasteiger partial charge in [-0.15, -0.1) is 10.2 Å². The van der Waals surface area contributed by atoms with Crippen molar-refractivity contribution in [1.82, 2.24) is 15.5 Å². The minimum Gasteiger partial charge on any atom is -0.347 e. The largest absolute Gasteiger partial charge is 0.347 e. The van der Waals surface area contributed by atoms with Crippen molar-refractivity contribution in [1.29, 1.82) is 0 Å². The van der Waals surface area contributed by atoms with Crippen LogP contribution in [0.5, 0.6) is 0 Å². The Bertz CT molecular complexity index is 864. The number of amides is 1. The number of anilines is 2. The predicted octanol–water partition coefficient (Wildman–Crippen LogP) is 4.27. The molecule has 1 amide bonds. The van der Waals surface area contributed by atoms with Gasteiger partial charge in [-0.3, -0.25) is 4.79 Å². The summed E-state index contributed by atoms with van der Waals surface area (Å²) in [6.45, 7) is 4.54. The molecule has 1 heterocycles. The van der Waals surface area contributed by atoms with E-state index in [1.165, 1.54) is 0 Å². The molecule has 26 heavy (non-hydrogen) atoms. The number of nitrogens with zero attached hydrogens (tertiary/aromatic N) is 2. The highest BCUT2D eigenvalue weighted by Gasteiger charge is 2.17. The Morgan fingerprint density at radius 1 is 0.962 bits per heavy atom. The van der Waals surface area contributed by atoms with Crippen LogP contribution in [-0.2, 0) is 6.54 Å². The van der Waals surface area contributed by atoms with Crippen molar-refractivity contribution < 1.29 is 4.79 Å². The highest BCUT2D eigenvalue weighted by atomic mass is 16.1. The Morgan fingerprint density at radius 3 is 2.27 bits per heavy atom. The first-order valence-electron chi connectivity index (χ1n) is 8.65. The van der Waals surface area contributed by atoms with E-state index in [9.17, 15) is 4.79 Å². The number of hydrogen-bond acceptors (Lipinski definition) is 4. The molecule has 0 bridgehead atoms. The number of aromatic nitrogens is 2. The highest BCUT2D eigenvalue weighted by Crippen LogP contribution is 2.22. The van der Waals surface area contributed by atoms with Gasteiger partial charge >= 0.3 is 0 Å². The molecule has 0 aliphatic heterocycles. The summed E-state index contributed by atoms with van der Waals surface area (Å²) in [5.41, 5.74) is 3.21. The van der Waals surface area contributed by atoms with E-state index in [4.69, 9.17) is 0 Å². The Hall–Kier alpha value is -3.21. The number of nitrogens with one attached hydrogen (secondary N) is 2. The van der Waals surface area contributed by atoms with Crippen molar-refractivity contribution >= 4 is 17.4 Å². The fraction of sp³-hybridized carbons (Fsp3) is 0.190. The molecule has 0 spiro atoms. The minimum absolute atomic E-state index is 0.152. The van der Waals surface area contributed by atoms with Gasteiger partial charge in [-0.25, -0.2) is 0 Å². The predicted molar refractivity (Wildman–Crippen MR) is 103 cm³/mol. The second-order valence-corrected chi connectivity index (χ2v) is 6.35. The maximum absolute atomic E-state index is 12.6. The van der Waals surface area contributed by atoms with Crippen molar-refractivity contribution in [2.75, 3.05) is 5.32 Å². The second kappa shape index (κ2) is 8.25. The van der Waals surface area contributed by atoms with Crippen molar-refractivity contribution in [2.45, 2.75) is 26.3 Å². The zero-order chi connectivity index (χ0) is 18.4. The van der Waals surface area contributed by atoms with Gasteiger partial charge in [0.25, 0.3) is 5.91 Å². The van der Waals surface area contributed by atoms with Gasteiger partial charge in [0.1, 0.15) is 0 Å². The summed E-state index contributed by atoms with van der Waals surface area (Å²) in [5, 5.41) is 14.5. The number of rotatable bonds is 6. The third kappa shape index (κ3) is 4.45. The summed E-state index contributed by atoms with van der Waals surface area (Å²) >= 11 is 0. The van der Waals surface area contributed by atoms with Crippen LogP contribution in [0.1, 0.15) is 41.4 Å². The molecule has 0 saturated heterocycles. The fourth-order valence-electron chi connectivity index (χ4n) is 2.62. The molecule has 0 unspecified atom stereocenters. The minimum atomic E-state index is -0.212.